The van der Waals surface area contributed by atoms with Crippen molar-refractivity contribution in [3.63, 3.8) is 0 Å². The predicted molar refractivity (Wildman–Crippen MR) is 193 cm³/mol. The van der Waals surface area contributed by atoms with Gasteiger partial charge in [-0.25, -0.2) is 27.8 Å². The quantitative estimate of drug-likeness (QED) is 0.285. The molecule has 2 saturated carbocycles. The number of nitrogens with zero attached hydrogens (tertiary/aromatic N) is 5. The largest absolute Gasteiger partial charge is 0.471 e. The first-order chi connectivity index (χ1) is 25.9. The fraction of sp³-hybridized carbons (Fsp3) is 0.514. The van der Waals surface area contributed by atoms with E-state index in [9.17, 15) is 32.0 Å². The van der Waals surface area contributed by atoms with Gasteiger partial charge in [0.15, 0.2) is 0 Å². The molecule has 15 nitrogen and oxygen atoms in total. The second-order valence-corrected chi connectivity index (χ2v) is 16.5. The number of ether oxygens (including phenoxy) is 1. The van der Waals surface area contributed by atoms with Gasteiger partial charge in [-0.3, -0.25) is 28.9 Å². The van der Waals surface area contributed by atoms with Gasteiger partial charge in [-0.05, 0) is 64.0 Å². The summed E-state index contributed by atoms with van der Waals surface area (Å²) in [4.78, 5) is 74.7. The van der Waals surface area contributed by atoms with Crippen LogP contribution in [-0.4, -0.2) is 92.4 Å². The van der Waals surface area contributed by atoms with Crippen LogP contribution in [0.2, 0.25) is 0 Å². The highest BCUT2D eigenvalue weighted by atomic mass is 32.2. The minimum absolute atomic E-state index is 0.0216. The lowest BCUT2D eigenvalue weighted by Gasteiger charge is -2.29. The SMILES string of the molecule is CCc1nc2ccc(F)cc2nc1O[C@@H]1C[C@H]2C(=O)N[C@]3(C(=O)NS(=O)(=O)C4CC4)C[C@H]3C=CCCCCC[C@H](NC(=O)c3cnc(C)cn3)C(=O)N2C1. The third-order valence-corrected chi connectivity index (χ3v) is 12.3. The normalized spacial score (nSPS) is 26.2. The summed E-state index contributed by atoms with van der Waals surface area (Å²) in [7, 11) is -3.91. The zero-order valence-electron chi connectivity index (χ0n) is 30.1. The summed E-state index contributed by atoms with van der Waals surface area (Å²) in [6, 6.07) is 1.84. The van der Waals surface area contributed by atoms with Crippen molar-refractivity contribution in [3.8, 4) is 5.88 Å². The molecule has 0 unspecified atom stereocenters. The van der Waals surface area contributed by atoms with Gasteiger partial charge in [0.25, 0.3) is 11.8 Å². The first kappa shape index (κ1) is 37.3. The van der Waals surface area contributed by atoms with Gasteiger partial charge >= 0.3 is 0 Å². The Kier molecular flexibility index (Phi) is 10.3. The molecular weight excluding hydrogens is 720 g/mol. The molecule has 3 N–H and O–H groups in total. The van der Waals surface area contributed by atoms with Gasteiger partial charge in [0.2, 0.25) is 27.7 Å². The molecule has 3 aromatic rings. The lowest BCUT2D eigenvalue weighted by molar-refractivity contribution is -0.141. The molecule has 4 amide bonds. The summed E-state index contributed by atoms with van der Waals surface area (Å²) in [6.45, 7) is 3.51. The van der Waals surface area contributed by atoms with E-state index in [0.29, 0.717) is 49.0 Å². The van der Waals surface area contributed by atoms with Gasteiger partial charge in [-0.1, -0.05) is 31.9 Å². The number of aryl methyl sites for hydroxylation is 2. The van der Waals surface area contributed by atoms with E-state index in [-0.39, 0.29) is 42.9 Å². The van der Waals surface area contributed by atoms with Crippen LogP contribution in [0.4, 0.5) is 4.39 Å². The molecule has 54 heavy (non-hydrogen) atoms. The smallest absolute Gasteiger partial charge is 0.272 e. The van der Waals surface area contributed by atoms with Gasteiger partial charge < -0.3 is 20.3 Å². The van der Waals surface area contributed by atoms with Crippen molar-refractivity contribution >= 4 is 44.7 Å². The van der Waals surface area contributed by atoms with Gasteiger partial charge in [0.1, 0.15) is 40.9 Å². The van der Waals surface area contributed by atoms with Crippen molar-refractivity contribution in [2.45, 2.75) is 107 Å². The molecular formula is C37H43FN8O7S. The highest BCUT2D eigenvalue weighted by Crippen LogP contribution is 2.46. The number of sulfonamides is 1. The number of amides is 4. The molecule has 2 aromatic heterocycles. The van der Waals surface area contributed by atoms with E-state index in [1.54, 1.807) is 6.92 Å². The summed E-state index contributed by atoms with van der Waals surface area (Å²) in [5.41, 5.74) is 0.353. The number of halogens is 1. The standard InChI is InChI=1S/C37H43FN8O7S/c1-3-26-34(43-29-15-23(38)11-14-27(29)41-26)53-24-16-31-33(48)44-37(36(50)45-54(51,52)25-12-13-25)17-22(37)9-7-5-4-6-8-10-28(35(49)46(31)20-24)42-32(47)30-19-39-21(2)18-40-30/h7,9,11,14-15,18-19,22,24-25,28,31H,3-6,8,10,12-13,16-17,20H2,1-2H3,(H,42,47)(H,44,48)(H,45,50)/t22-,24-,28+,31+,37-/m1/s1. The van der Waals surface area contributed by atoms with Crippen LogP contribution in [0.15, 0.2) is 42.7 Å². The van der Waals surface area contributed by atoms with Crippen LogP contribution in [-0.2, 0) is 30.8 Å². The number of carbonyl (C=O) groups is 4. The fourth-order valence-corrected chi connectivity index (χ4v) is 8.48. The first-order valence-electron chi connectivity index (χ1n) is 18.4. The number of aromatic nitrogens is 4. The van der Waals surface area contributed by atoms with Gasteiger partial charge in [-0.2, -0.15) is 0 Å². The summed E-state index contributed by atoms with van der Waals surface area (Å²) < 4.78 is 48.3. The molecule has 286 valence electrons. The van der Waals surface area contributed by atoms with Gasteiger partial charge in [0, 0.05) is 24.6 Å². The lowest BCUT2D eigenvalue weighted by atomic mass is 10.0. The molecule has 1 saturated heterocycles. The van der Waals surface area contributed by atoms with E-state index >= 15 is 0 Å². The average Bonchev–Trinajstić information content (AvgIpc) is 4.07. The number of carbonyl (C=O) groups excluding carboxylic acids is 4. The molecule has 4 heterocycles. The molecule has 4 aliphatic rings. The van der Waals surface area contributed by atoms with Gasteiger partial charge in [-0.15, -0.1) is 0 Å². The van der Waals surface area contributed by atoms with Gasteiger partial charge in [0.05, 0.1) is 34.7 Å². The Labute approximate surface area is 312 Å². The van der Waals surface area contributed by atoms with Crippen LogP contribution in [0.5, 0.6) is 5.88 Å². The highest BCUT2D eigenvalue weighted by molar-refractivity contribution is 7.91. The topological polar surface area (TPSA) is 203 Å². The fourth-order valence-electron chi connectivity index (χ4n) is 7.12. The molecule has 1 aromatic carbocycles. The van der Waals surface area contributed by atoms with E-state index in [1.165, 1.54) is 35.5 Å². The maximum Gasteiger partial charge on any atom is 0.272 e. The van der Waals surface area contributed by atoms with Crippen molar-refractivity contribution in [2.24, 2.45) is 5.92 Å². The third-order valence-electron chi connectivity index (χ3n) is 10.4. The molecule has 17 heteroatoms. The number of hydrogen-bond acceptors (Lipinski definition) is 11. The zero-order chi connectivity index (χ0) is 38.2. The Balaban J connectivity index is 1.20. The van der Waals surface area contributed by atoms with Crippen LogP contribution < -0.4 is 20.1 Å². The van der Waals surface area contributed by atoms with Crippen molar-refractivity contribution < 1.29 is 36.7 Å². The molecule has 0 radical (unpaired) electrons. The minimum atomic E-state index is -3.91. The van der Waals surface area contributed by atoms with E-state index in [2.05, 4.69) is 35.3 Å². The minimum Gasteiger partial charge on any atom is -0.471 e. The molecule has 0 spiro atoms. The maximum absolute atomic E-state index is 14.5. The summed E-state index contributed by atoms with van der Waals surface area (Å²) in [5.74, 6) is -3.45. The predicted octanol–water partition coefficient (Wildman–Crippen LogP) is 2.58. The first-order valence-corrected chi connectivity index (χ1v) is 20.0. The van der Waals surface area contributed by atoms with Crippen LogP contribution in [0, 0.1) is 18.7 Å². The van der Waals surface area contributed by atoms with Crippen LogP contribution in [0.1, 0.15) is 86.6 Å². The van der Waals surface area contributed by atoms with Crippen molar-refractivity contribution in [2.75, 3.05) is 6.54 Å². The van der Waals surface area contributed by atoms with Crippen LogP contribution >= 0.6 is 0 Å². The molecule has 2 aliphatic carbocycles. The number of allylic oxidation sites excluding steroid dienone is 1. The van der Waals surface area contributed by atoms with Crippen LogP contribution in [0.3, 0.4) is 0 Å². The second kappa shape index (κ2) is 15.0. The van der Waals surface area contributed by atoms with Crippen LogP contribution in [0.25, 0.3) is 11.0 Å². The summed E-state index contributed by atoms with van der Waals surface area (Å²) in [6.07, 6.45) is 10.3. The van der Waals surface area contributed by atoms with E-state index in [4.69, 9.17) is 4.74 Å². The van der Waals surface area contributed by atoms with E-state index in [1.807, 2.05) is 19.1 Å². The Hall–Kier alpha value is -5.06. The molecule has 5 atom stereocenters. The average molecular weight is 763 g/mol. The summed E-state index contributed by atoms with van der Waals surface area (Å²) >= 11 is 0. The van der Waals surface area contributed by atoms with Crippen molar-refractivity contribution in [3.05, 3.63) is 65.6 Å². The Bertz CT molecular complexity index is 2110. The molecule has 7 rings (SSSR count). The van der Waals surface area contributed by atoms with Crippen molar-refractivity contribution in [1.82, 2.24) is 40.2 Å². The van der Waals surface area contributed by atoms with E-state index in [0.717, 1.165) is 12.8 Å². The number of nitrogens with one attached hydrogen (secondary N) is 3. The second-order valence-electron chi connectivity index (χ2n) is 14.5. The van der Waals surface area contributed by atoms with Crippen molar-refractivity contribution in [1.29, 1.82) is 0 Å². The third kappa shape index (κ3) is 7.91. The monoisotopic (exact) mass is 762 g/mol. The summed E-state index contributed by atoms with van der Waals surface area (Å²) in [5, 5.41) is 5.00. The Morgan fingerprint density at radius 1 is 1.07 bits per heavy atom. The number of rotatable bonds is 8. The molecule has 3 fully saturated rings. The Morgan fingerprint density at radius 3 is 2.63 bits per heavy atom. The zero-order valence-corrected chi connectivity index (χ0v) is 30.9. The number of hydrogen-bond donors (Lipinski definition) is 3. The lowest BCUT2D eigenvalue weighted by Crippen LogP contribution is -2.58. The highest BCUT2D eigenvalue weighted by Gasteiger charge is 2.62. The maximum atomic E-state index is 14.5. The molecule has 2 aliphatic heterocycles. The van der Waals surface area contributed by atoms with E-state index < -0.39 is 74.4 Å². The Morgan fingerprint density at radius 2 is 1.89 bits per heavy atom. The number of fused-ring (bicyclic) bond motifs is 3. The number of benzene rings is 1. The molecule has 0 bridgehead atoms.